The average molecular weight is 333 g/mol. The fourth-order valence-corrected chi connectivity index (χ4v) is 3.12. The Hall–Kier alpha value is -3.14. The van der Waals surface area contributed by atoms with Crippen LogP contribution in [0.1, 0.15) is 22.6 Å². The van der Waals surface area contributed by atoms with Gasteiger partial charge in [-0.05, 0) is 36.8 Å². The largest absolute Gasteiger partial charge is 0.457 e. The van der Waals surface area contributed by atoms with Crippen molar-refractivity contribution in [2.24, 2.45) is 0 Å². The lowest BCUT2D eigenvalue weighted by molar-refractivity contribution is -0.116. The molecule has 0 atom stereocenters. The standard InChI is InChI=1S/C21H16FNO2/c1-13-10-11-17(16(22)12-13)23-21(24)20-14-6-2-4-8-18(14)25-19-9-5-3-7-15(19)20/h2-12,20H,1H3,(H,23,24). The molecule has 3 aromatic rings. The zero-order chi connectivity index (χ0) is 17.4. The molecule has 0 fully saturated rings. The van der Waals surface area contributed by atoms with Crippen LogP contribution in [0.2, 0.25) is 0 Å². The molecular formula is C21H16FNO2. The summed E-state index contributed by atoms with van der Waals surface area (Å²) in [5, 5.41) is 2.72. The number of carbonyl (C=O) groups is 1. The minimum atomic E-state index is -0.554. The average Bonchev–Trinajstić information content (AvgIpc) is 2.62. The molecule has 1 aliphatic rings. The van der Waals surface area contributed by atoms with E-state index >= 15 is 0 Å². The van der Waals surface area contributed by atoms with Crippen LogP contribution in [-0.2, 0) is 4.79 Å². The number of hydrogen-bond acceptors (Lipinski definition) is 2. The van der Waals surface area contributed by atoms with Crippen molar-refractivity contribution in [1.29, 1.82) is 0 Å². The molecule has 0 bridgehead atoms. The zero-order valence-electron chi connectivity index (χ0n) is 13.6. The van der Waals surface area contributed by atoms with E-state index in [0.29, 0.717) is 11.5 Å². The van der Waals surface area contributed by atoms with Gasteiger partial charge in [-0.2, -0.15) is 0 Å². The van der Waals surface area contributed by atoms with E-state index in [4.69, 9.17) is 4.74 Å². The van der Waals surface area contributed by atoms with Gasteiger partial charge in [0.1, 0.15) is 17.3 Å². The van der Waals surface area contributed by atoms with Gasteiger partial charge in [0.25, 0.3) is 0 Å². The number of fused-ring (bicyclic) bond motifs is 2. The molecule has 1 amide bonds. The maximum Gasteiger partial charge on any atom is 0.236 e. The Bertz CT molecular complexity index is 922. The SMILES string of the molecule is Cc1ccc(NC(=O)C2c3ccccc3Oc3ccccc32)c(F)c1. The van der Waals surface area contributed by atoms with Crippen molar-refractivity contribution >= 4 is 11.6 Å². The third-order valence-corrected chi connectivity index (χ3v) is 4.32. The van der Waals surface area contributed by atoms with Gasteiger partial charge < -0.3 is 10.1 Å². The Labute approximate surface area is 145 Å². The molecular weight excluding hydrogens is 317 g/mol. The number of amides is 1. The molecule has 1 aliphatic heterocycles. The van der Waals surface area contributed by atoms with Crippen molar-refractivity contribution in [2.75, 3.05) is 5.32 Å². The van der Waals surface area contributed by atoms with E-state index in [2.05, 4.69) is 5.32 Å². The Kier molecular flexibility index (Phi) is 3.73. The fraction of sp³-hybridized carbons (Fsp3) is 0.0952. The van der Waals surface area contributed by atoms with Crippen molar-refractivity contribution in [2.45, 2.75) is 12.8 Å². The Morgan fingerprint density at radius 3 is 2.16 bits per heavy atom. The number of anilines is 1. The highest BCUT2D eigenvalue weighted by Gasteiger charge is 2.32. The third-order valence-electron chi connectivity index (χ3n) is 4.32. The summed E-state index contributed by atoms with van der Waals surface area (Å²) in [7, 11) is 0. The number of carbonyl (C=O) groups excluding carboxylic acids is 1. The number of aryl methyl sites for hydroxylation is 1. The van der Waals surface area contributed by atoms with E-state index < -0.39 is 11.7 Å². The first kappa shape index (κ1) is 15.4. The predicted molar refractivity (Wildman–Crippen MR) is 94.6 cm³/mol. The Morgan fingerprint density at radius 1 is 0.960 bits per heavy atom. The Morgan fingerprint density at radius 2 is 1.56 bits per heavy atom. The van der Waals surface area contributed by atoms with Gasteiger partial charge in [-0.1, -0.05) is 42.5 Å². The van der Waals surface area contributed by atoms with Gasteiger partial charge in [-0.15, -0.1) is 0 Å². The van der Waals surface area contributed by atoms with E-state index in [1.807, 2.05) is 48.5 Å². The van der Waals surface area contributed by atoms with Crippen LogP contribution in [-0.4, -0.2) is 5.91 Å². The normalized spacial score (nSPS) is 12.7. The lowest BCUT2D eigenvalue weighted by atomic mass is 9.87. The third kappa shape index (κ3) is 2.76. The van der Waals surface area contributed by atoms with Gasteiger partial charge in [0.2, 0.25) is 5.91 Å². The molecule has 4 heteroatoms. The number of rotatable bonds is 2. The van der Waals surface area contributed by atoms with Crippen molar-refractivity contribution < 1.29 is 13.9 Å². The van der Waals surface area contributed by atoms with E-state index in [0.717, 1.165) is 16.7 Å². The zero-order valence-corrected chi connectivity index (χ0v) is 13.6. The van der Waals surface area contributed by atoms with E-state index in [-0.39, 0.29) is 11.6 Å². The summed E-state index contributed by atoms with van der Waals surface area (Å²) < 4.78 is 20.0. The van der Waals surface area contributed by atoms with Gasteiger partial charge >= 0.3 is 0 Å². The molecule has 25 heavy (non-hydrogen) atoms. The number of para-hydroxylation sites is 2. The predicted octanol–water partition coefficient (Wildman–Crippen LogP) is 5.01. The second kappa shape index (κ2) is 6.06. The first-order valence-electron chi connectivity index (χ1n) is 8.06. The van der Waals surface area contributed by atoms with Crippen LogP contribution in [0, 0.1) is 12.7 Å². The van der Waals surface area contributed by atoms with Crippen LogP contribution in [0.5, 0.6) is 11.5 Å². The molecule has 1 N–H and O–H groups in total. The highest BCUT2D eigenvalue weighted by Crippen LogP contribution is 2.44. The van der Waals surface area contributed by atoms with Crippen LogP contribution in [0.25, 0.3) is 0 Å². The molecule has 0 spiro atoms. The maximum absolute atomic E-state index is 14.1. The van der Waals surface area contributed by atoms with Crippen LogP contribution in [0.4, 0.5) is 10.1 Å². The smallest absolute Gasteiger partial charge is 0.236 e. The monoisotopic (exact) mass is 333 g/mol. The summed E-state index contributed by atoms with van der Waals surface area (Å²) >= 11 is 0. The maximum atomic E-state index is 14.1. The number of hydrogen-bond donors (Lipinski definition) is 1. The molecule has 3 nitrogen and oxygen atoms in total. The summed E-state index contributed by atoms with van der Waals surface area (Å²) in [6.45, 7) is 1.81. The highest BCUT2D eigenvalue weighted by molar-refractivity contribution is 5.99. The number of nitrogens with one attached hydrogen (secondary N) is 1. The summed E-state index contributed by atoms with van der Waals surface area (Å²) in [5.74, 6) is 0.00578. The number of halogens is 1. The quantitative estimate of drug-likeness (QED) is 0.716. The first-order valence-corrected chi connectivity index (χ1v) is 8.06. The molecule has 0 saturated heterocycles. The molecule has 0 unspecified atom stereocenters. The lowest BCUT2D eigenvalue weighted by Crippen LogP contribution is -2.25. The molecule has 3 aromatic carbocycles. The molecule has 4 rings (SSSR count). The van der Waals surface area contributed by atoms with Crippen molar-refractivity contribution in [3.8, 4) is 11.5 Å². The van der Waals surface area contributed by atoms with E-state index in [1.54, 1.807) is 19.1 Å². The van der Waals surface area contributed by atoms with E-state index in [1.165, 1.54) is 6.07 Å². The summed E-state index contributed by atoms with van der Waals surface area (Å²) in [5.41, 5.74) is 2.52. The van der Waals surface area contributed by atoms with Gasteiger partial charge in [0.15, 0.2) is 0 Å². The topological polar surface area (TPSA) is 38.3 Å². The number of ether oxygens (including phenoxy) is 1. The van der Waals surface area contributed by atoms with Gasteiger partial charge in [0.05, 0.1) is 11.6 Å². The van der Waals surface area contributed by atoms with Gasteiger partial charge in [-0.3, -0.25) is 4.79 Å². The molecule has 1 heterocycles. The summed E-state index contributed by atoms with van der Waals surface area (Å²) in [4.78, 5) is 13.0. The van der Waals surface area contributed by atoms with Gasteiger partial charge in [0, 0.05) is 11.1 Å². The first-order chi connectivity index (χ1) is 12.1. The van der Waals surface area contributed by atoms with Crippen LogP contribution < -0.4 is 10.1 Å². The molecule has 124 valence electrons. The minimum Gasteiger partial charge on any atom is -0.457 e. The minimum absolute atomic E-state index is 0.178. The summed E-state index contributed by atoms with van der Waals surface area (Å²) in [6, 6.07) is 19.6. The molecule has 0 saturated carbocycles. The summed E-state index contributed by atoms with van der Waals surface area (Å²) in [6.07, 6.45) is 0. The van der Waals surface area contributed by atoms with Crippen LogP contribution >= 0.6 is 0 Å². The van der Waals surface area contributed by atoms with Gasteiger partial charge in [-0.25, -0.2) is 4.39 Å². The van der Waals surface area contributed by atoms with Crippen molar-refractivity contribution in [3.05, 3.63) is 89.2 Å². The number of benzene rings is 3. The molecule has 0 radical (unpaired) electrons. The fourth-order valence-electron chi connectivity index (χ4n) is 3.12. The molecule has 0 aliphatic carbocycles. The second-order valence-corrected chi connectivity index (χ2v) is 6.08. The molecule has 0 aromatic heterocycles. The highest BCUT2D eigenvalue weighted by atomic mass is 19.1. The van der Waals surface area contributed by atoms with Crippen LogP contribution in [0.15, 0.2) is 66.7 Å². The van der Waals surface area contributed by atoms with Crippen molar-refractivity contribution in [1.82, 2.24) is 0 Å². The Balaban J connectivity index is 1.75. The van der Waals surface area contributed by atoms with Crippen molar-refractivity contribution in [3.63, 3.8) is 0 Å². The van der Waals surface area contributed by atoms with E-state index in [9.17, 15) is 9.18 Å². The van der Waals surface area contributed by atoms with Crippen LogP contribution in [0.3, 0.4) is 0 Å². The lowest BCUT2D eigenvalue weighted by Gasteiger charge is -2.27. The second-order valence-electron chi connectivity index (χ2n) is 6.08.